The van der Waals surface area contributed by atoms with E-state index in [0.29, 0.717) is 23.3 Å². The molecule has 5 aromatic rings. The molecule has 0 amide bonds. The zero-order valence-electron chi connectivity index (χ0n) is 16.2. The monoisotopic (exact) mass is 433 g/mol. The van der Waals surface area contributed by atoms with Crippen molar-refractivity contribution in [3.05, 3.63) is 99.4 Å². The van der Waals surface area contributed by atoms with Gasteiger partial charge in [0.2, 0.25) is 0 Å². The number of rotatable bonds is 6. The van der Waals surface area contributed by atoms with Crippen LogP contribution in [0.15, 0.2) is 77.3 Å². The molecule has 7 nitrogen and oxygen atoms in total. The highest BCUT2D eigenvalue weighted by molar-refractivity contribution is 7.09. The minimum absolute atomic E-state index is 0.177. The summed E-state index contributed by atoms with van der Waals surface area (Å²) < 4.78 is 21.8. The van der Waals surface area contributed by atoms with Crippen molar-refractivity contribution < 1.29 is 9.13 Å². The molecule has 5 rings (SSSR count). The quantitative estimate of drug-likeness (QED) is 0.407. The van der Waals surface area contributed by atoms with Crippen molar-refractivity contribution in [1.29, 1.82) is 0 Å². The average Bonchev–Trinajstić information content (AvgIpc) is 3.43. The van der Waals surface area contributed by atoms with Crippen LogP contribution in [-0.4, -0.2) is 24.3 Å². The van der Waals surface area contributed by atoms with Crippen LogP contribution in [0.3, 0.4) is 0 Å². The number of nitrogens with zero attached hydrogens (tertiary/aromatic N) is 5. The van der Waals surface area contributed by atoms with Crippen molar-refractivity contribution in [2.75, 3.05) is 0 Å². The molecule has 0 atom stereocenters. The van der Waals surface area contributed by atoms with Gasteiger partial charge in [-0.05, 0) is 36.4 Å². The molecule has 0 spiro atoms. The van der Waals surface area contributed by atoms with E-state index >= 15 is 0 Å². The van der Waals surface area contributed by atoms with E-state index in [2.05, 4.69) is 15.1 Å². The first-order valence-electron chi connectivity index (χ1n) is 9.47. The van der Waals surface area contributed by atoms with Gasteiger partial charge in [-0.3, -0.25) is 9.36 Å². The molecule has 9 heteroatoms. The van der Waals surface area contributed by atoms with Crippen LogP contribution < -0.4 is 10.3 Å². The number of ether oxygens (including phenoxy) is 1. The second kappa shape index (κ2) is 8.11. The molecule has 0 aliphatic rings. The molecule has 154 valence electrons. The highest BCUT2D eigenvalue weighted by Gasteiger charge is 2.12. The Morgan fingerprint density at radius 1 is 1.06 bits per heavy atom. The van der Waals surface area contributed by atoms with Gasteiger partial charge in [-0.15, -0.1) is 11.3 Å². The molecule has 0 radical (unpaired) electrons. The Balaban J connectivity index is 1.33. The standard InChI is InChI=1S/C22H16FN5O2S/c23-15-6-8-18(9-7-15)30-12-20-26-16(13-31-20)11-27-14-24-21-19(22(27)29)10-25-28(21)17-4-2-1-3-5-17/h1-10,13-14H,11-12H2. The number of hydrogen-bond acceptors (Lipinski definition) is 6. The van der Waals surface area contributed by atoms with Crippen LogP contribution in [0.4, 0.5) is 4.39 Å². The van der Waals surface area contributed by atoms with Gasteiger partial charge >= 0.3 is 0 Å². The van der Waals surface area contributed by atoms with Gasteiger partial charge in [0, 0.05) is 5.38 Å². The number of para-hydroxylation sites is 1. The Kier molecular flexibility index (Phi) is 5.01. The van der Waals surface area contributed by atoms with Crippen LogP contribution in [0.2, 0.25) is 0 Å². The molecule has 0 fully saturated rings. The Morgan fingerprint density at radius 3 is 2.68 bits per heavy atom. The van der Waals surface area contributed by atoms with Gasteiger partial charge in [-0.1, -0.05) is 18.2 Å². The summed E-state index contributed by atoms with van der Waals surface area (Å²) in [5.74, 6) is 0.258. The molecule has 0 aliphatic carbocycles. The maximum Gasteiger partial charge on any atom is 0.264 e. The Hall–Kier alpha value is -3.85. The largest absolute Gasteiger partial charge is 0.486 e. The molecule has 3 heterocycles. The fourth-order valence-corrected chi connectivity index (χ4v) is 3.85. The molecular weight excluding hydrogens is 417 g/mol. The van der Waals surface area contributed by atoms with Crippen molar-refractivity contribution in [3.63, 3.8) is 0 Å². The van der Waals surface area contributed by atoms with E-state index < -0.39 is 0 Å². The van der Waals surface area contributed by atoms with Crippen LogP contribution in [0, 0.1) is 5.82 Å². The predicted molar refractivity (Wildman–Crippen MR) is 115 cm³/mol. The lowest BCUT2D eigenvalue weighted by Crippen LogP contribution is -2.21. The molecule has 0 bridgehead atoms. The summed E-state index contributed by atoms with van der Waals surface area (Å²) in [6, 6.07) is 15.4. The Morgan fingerprint density at radius 2 is 1.87 bits per heavy atom. The lowest BCUT2D eigenvalue weighted by atomic mass is 10.3. The van der Waals surface area contributed by atoms with Crippen LogP contribution in [0.1, 0.15) is 10.7 Å². The summed E-state index contributed by atoms with van der Waals surface area (Å²) in [5.41, 5.74) is 1.91. The van der Waals surface area contributed by atoms with Gasteiger partial charge in [0.1, 0.15) is 34.9 Å². The van der Waals surface area contributed by atoms with Gasteiger partial charge < -0.3 is 4.74 Å². The summed E-state index contributed by atoms with van der Waals surface area (Å²) in [6.07, 6.45) is 3.05. The third kappa shape index (κ3) is 3.95. The number of hydrogen-bond donors (Lipinski definition) is 0. The van der Waals surface area contributed by atoms with Gasteiger partial charge in [0.25, 0.3) is 5.56 Å². The first kappa shape index (κ1) is 19.1. The third-order valence-electron chi connectivity index (χ3n) is 4.66. The minimum Gasteiger partial charge on any atom is -0.486 e. The van der Waals surface area contributed by atoms with E-state index in [1.165, 1.54) is 40.6 Å². The lowest BCUT2D eigenvalue weighted by molar-refractivity contribution is 0.305. The molecular formula is C22H16FN5O2S. The minimum atomic E-state index is -0.311. The maximum absolute atomic E-state index is 13.0. The average molecular weight is 433 g/mol. The fraction of sp³-hybridized carbons (Fsp3) is 0.0909. The molecule has 0 saturated carbocycles. The van der Waals surface area contributed by atoms with Crippen molar-refractivity contribution in [3.8, 4) is 11.4 Å². The number of benzene rings is 2. The number of halogens is 1. The van der Waals surface area contributed by atoms with Gasteiger partial charge in [-0.25, -0.2) is 19.0 Å². The highest BCUT2D eigenvalue weighted by atomic mass is 32.1. The lowest BCUT2D eigenvalue weighted by Gasteiger charge is -2.05. The van der Waals surface area contributed by atoms with Crippen LogP contribution in [-0.2, 0) is 13.2 Å². The van der Waals surface area contributed by atoms with Crippen LogP contribution >= 0.6 is 11.3 Å². The Bertz CT molecular complexity index is 1390. The molecule has 0 N–H and O–H groups in total. The second-order valence-electron chi connectivity index (χ2n) is 6.78. The smallest absolute Gasteiger partial charge is 0.264 e. The van der Waals surface area contributed by atoms with Gasteiger partial charge in [-0.2, -0.15) is 5.10 Å². The van der Waals surface area contributed by atoms with Crippen molar-refractivity contribution in [2.24, 2.45) is 0 Å². The number of thiazole rings is 1. The van der Waals surface area contributed by atoms with Crippen molar-refractivity contribution in [1.82, 2.24) is 24.3 Å². The number of aromatic nitrogens is 5. The molecule has 0 unspecified atom stereocenters. The van der Waals surface area contributed by atoms with E-state index in [9.17, 15) is 9.18 Å². The second-order valence-corrected chi connectivity index (χ2v) is 7.72. The van der Waals surface area contributed by atoms with E-state index in [0.717, 1.165) is 16.4 Å². The zero-order chi connectivity index (χ0) is 21.2. The first-order valence-corrected chi connectivity index (χ1v) is 10.4. The molecule has 2 aromatic carbocycles. The summed E-state index contributed by atoms with van der Waals surface area (Å²) in [7, 11) is 0. The van der Waals surface area contributed by atoms with Crippen molar-refractivity contribution >= 4 is 22.4 Å². The fourth-order valence-electron chi connectivity index (χ4n) is 3.16. The summed E-state index contributed by atoms with van der Waals surface area (Å²) in [5, 5.41) is 7.41. The predicted octanol–water partition coefficient (Wildman–Crippen LogP) is 3.81. The third-order valence-corrected chi connectivity index (χ3v) is 5.53. The topological polar surface area (TPSA) is 74.8 Å². The first-order chi connectivity index (χ1) is 15.2. The zero-order valence-corrected chi connectivity index (χ0v) is 17.0. The molecule has 31 heavy (non-hydrogen) atoms. The van der Waals surface area contributed by atoms with Gasteiger partial charge in [0.05, 0.1) is 24.1 Å². The summed E-state index contributed by atoms with van der Waals surface area (Å²) in [6.45, 7) is 0.567. The molecule has 0 aliphatic heterocycles. The normalized spacial score (nSPS) is 11.1. The van der Waals surface area contributed by atoms with E-state index in [1.54, 1.807) is 16.8 Å². The number of fused-ring (bicyclic) bond motifs is 1. The van der Waals surface area contributed by atoms with Gasteiger partial charge in [0.15, 0.2) is 5.65 Å². The summed E-state index contributed by atoms with van der Waals surface area (Å²) >= 11 is 1.44. The van der Waals surface area contributed by atoms with Crippen LogP contribution in [0.5, 0.6) is 5.75 Å². The summed E-state index contributed by atoms with van der Waals surface area (Å²) in [4.78, 5) is 21.9. The highest BCUT2D eigenvalue weighted by Crippen LogP contribution is 2.17. The van der Waals surface area contributed by atoms with Crippen molar-refractivity contribution in [2.45, 2.75) is 13.2 Å². The Labute approximate surface area is 180 Å². The molecule has 3 aromatic heterocycles. The van der Waals surface area contributed by atoms with Crippen LogP contribution in [0.25, 0.3) is 16.7 Å². The molecule has 0 saturated heterocycles. The maximum atomic E-state index is 13.0. The SMILES string of the molecule is O=c1c2cnn(-c3ccccc3)c2ncn1Cc1csc(COc2ccc(F)cc2)n1. The van der Waals surface area contributed by atoms with E-state index in [4.69, 9.17) is 4.74 Å². The van der Waals surface area contributed by atoms with E-state index in [-0.39, 0.29) is 18.0 Å². The van der Waals surface area contributed by atoms with E-state index in [1.807, 2.05) is 35.7 Å².